The molecule has 1 aliphatic rings. The van der Waals surface area contributed by atoms with E-state index in [-0.39, 0.29) is 0 Å². The summed E-state index contributed by atoms with van der Waals surface area (Å²) in [5.41, 5.74) is 7.63. The molecule has 2 rings (SSSR count). The second-order valence-electron chi connectivity index (χ2n) is 4.94. The van der Waals surface area contributed by atoms with Crippen LogP contribution < -0.4 is 5.73 Å². The predicted octanol–water partition coefficient (Wildman–Crippen LogP) is 2.04. The molecule has 1 fully saturated rings. The maximum absolute atomic E-state index is 5.90. The van der Waals surface area contributed by atoms with E-state index in [1.807, 2.05) is 0 Å². The molecule has 0 bridgehead atoms. The third kappa shape index (κ3) is 2.28. The van der Waals surface area contributed by atoms with Crippen molar-refractivity contribution in [1.82, 2.24) is 4.90 Å². The van der Waals surface area contributed by atoms with Gasteiger partial charge in [-0.05, 0) is 38.3 Å². The number of nitrogens with two attached hydrogens (primary N) is 1. The highest BCUT2D eigenvalue weighted by molar-refractivity contribution is 5.15. The fourth-order valence-electron chi connectivity index (χ4n) is 2.51. The molecule has 1 saturated carbocycles. The van der Waals surface area contributed by atoms with Gasteiger partial charge in [-0.1, -0.05) is 30.3 Å². The van der Waals surface area contributed by atoms with Crippen LogP contribution in [-0.4, -0.2) is 30.6 Å². The maximum Gasteiger partial charge on any atom is 0.0328 e. The van der Waals surface area contributed by atoms with Crippen molar-refractivity contribution in [1.29, 1.82) is 0 Å². The van der Waals surface area contributed by atoms with Gasteiger partial charge in [0, 0.05) is 18.6 Å². The summed E-state index contributed by atoms with van der Waals surface area (Å²) in [6.45, 7) is 1.92. The summed E-state index contributed by atoms with van der Waals surface area (Å²) in [7, 11) is 2.22. The van der Waals surface area contributed by atoms with Crippen LogP contribution in [0.15, 0.2) is 30.3 Å². The van der Waals surface area contributed by atoms with Gasteiger partial charge in [0.2, 0.25) is 0 Å². The van der Waals surface area contributed by atoms with Gasteiger partial charge in [-0.15, -0.1) is 0 Å². The first-order valence-electron chi connectivity index (χ1n) is 6.22. The Bertz CT molecular complexity index is 311. The minimum absolute atomic E-state index is 0.314. The minimum atomic E-state index is 0.314. The molecular formula is C14H22N2. The topological polar surface area (TPSA) is 29.3 Å². The normalized spacial score (nSPS) is 18.4. The van der Waals surface area contributed by atoms with E-state index in [2.05, 4.69) is 42.3 Å². The first-order chi connectivity index (χ1) is 7.77. The van der Waals surface area contributed by atoms with Gasteiger partial charge in [-0.3, -0.25) is 4.90 Å². The molecule has 0 saturated heterocycles. The smallest absolute Gasteiger partial charge is 0.0328 e. The van der Waals surface area contributed by atoms with Crippen molar-refractivity contribution in [2.24, 2.45) is 5.73 Å². The van der Waals surface area contributed by atoms with Crippen LogP contribution in [0.25, 0.3) is 0 Å². The van der Waals surface area contributed by atoms with Crippen molar-refractivity contribution in [3.63, 3.8) is 0 Å². The molecule has 0 aromatic heterocycles. The summed E-state index contributed by atoms with van der Waals surface area (Å²) in [5, 5.41) is 0. The van der Waals surface area contributed by atoms with Crippen LogP contribution in [0.4, 0.5) is 0 Å². The summed E-state index contributed by atoms with van der Waals surface area (Å²) >= 11 is 0. The maximum atomic E-state index is 5.90. The van der Waals surface area contributed by atoms with E-state index in [1.165, 1.54) is 24.8 Å². The summed E-state index contributed by atoms with van der Waals surface area (Å²) in [4.78, 5) is 2.46. The molecule has 0 atom stereocenters. The summed E-state index contributed by atoms with van der Waals surface area (Å²) in [5.74, 6) is 0. The highest BCUT2D eigenvalue weighted by atomic mass is 15.2. The lowest BCUT2D eigenvalue weighted by atomic mass is 9.75. The van der Waals surface area contributed by atoms with E-state index in [0.29, 0.717) is 5.54 Å². The molecular weight excluding hydrogens is 196 g/mol. The van der Waals surface area contributed by atoms with Crippen LogP contribution in [0.2, 0.25) is 0 Å². The summed E-state index contributed by atoms with van der Waals surface area (Å²) < 4.78 is 0. The van der Waals surface area contributed by atoms with Crippen molar-refractivity contribution >= 4 is 0 Å². The lowest BCUT2D eigenvalue weighted by molar-refractivity contribution is 0.0473. The largest absolute Gasteiger partial charge is 0.329 e. The van der Waals surface area contributed by atoms with E-state index in [0.717, 1.165) is 19.5 Å². The van der Waals surface area contributed by atoms with Crippen LogP contribution in [-0.2, 0) is 6.42 Å². The van der Waals surface area contributed by atoms with E-state index >= 15 is 0 Å². The average molecular weight is 218 g/mol. The Labute approximate surface area is 98.4 Å². The van der Waals surface area contributed by atoms with Crippen LogP contribution in [0.3, 0.4) is 0 Å². The summed E-state index contributed by atoms with van der Waals surface area (Å²) in [6, 6.07) is 10.7. The highest BCUT2D eigenvalue weighted by Crippen LogP contribution is 2.35. The monoisotopic (exact) mass is 218 g/mol. The quantitative estimate of drug-likeness (QED) is 0.819. The molecule has 2 nitrogen and oxygen atoms in total. The van der Waals surface area contributed by atoms with Crippen LogP contribution in [0.5, 0.6) is 0 Å². The zero-order chi connectivity index (χ0) is 11.4. The SMILES string of the molecule is CN(CCc1ccccc1)C1(CN)CCC1. The van der Waals surface area contributed by atoms with E-state index in [4.69, 9.17) is 5.73 Å². The summed E-state index contributed by atoms with van der Waals surface area (Å²) in [6.07, 6.45) is 5.01. The van der Waals surface area contributed by atoms with Gasteiger partial charge in [-0.2, -0.15) is 0 Å². The Morgan fingerprint density at radius 3 is 2.44 bits per heavy atom. The van der Waals surface area contributed by atoms with Crippen LogP contribution in [0.1, 0.15) is 24.8 Å². The Morgan fingerprint density at radius 2 is 1.94 bits per heavy atom. The Hall–Kier alpha value is -0.860. The van der Waals surface area contributed by atoms with Crippen molar-refractivity contribution in [2.75, 3.05) is 20.1 Å². The number of hydrogen-bond acceptors (Lipinski definition) is 2. The molecule has 88 valence electrons. The van der Waals surface area contributed by atoms with Gasteiger partial charge >= 0.3 is 0 Å². The molecule has 1 aliphatic carbocycles. The van der Waals surface area contributed by atoms with Gasteiger partial charge in [0.05, 0.1) is 0 Å². The number of rotatable bonds is 5. The van der Waals surface area contributed by atoms with Gasteiger partial charge < -0.3 is 5.73 Å². The predicted molar refractivity (Wildman–Crippen MR) is 68.4 cm³/mol. The average Bonchev–Trinajstić information content (AvgIpc) is 2.27. The highest BCUT2D eigenvalue weighted by Gasteiger charge is 2.38. The number of hydrogen-bond donors (Lipinski definition) is 1. The third-order valence-corrected chi connectivity index (χ3v) is 4.05. The zero-order valence-corrected chi connectivity index (χ0v) is 10.2. The van der Waals surface area contributed by atoms with Gasteiger partial charge in [0.1, 0.15) is 0 Å². The fraction of sp³-hybridized carbons (Fsp3) is 0.571. The standard InChI is InChI=1S/C14H22N2/c1-16(14(12-15)9-5-10-14)11-8-13-6-3-2-4-7-13/h2-4,6-7H,5,8-12,15H2,1H3. The second-order valence-corrected chi connectivity index (χ2v) is 4.94. The lowest BCUT2D eigenvalue weighted by Crippen LogP contribution is -2.57. The second kappa shape index (κ2) is 4.98. The van der Waals surface area contributed by atoms with E-state index in [9.17, 15) is 0 Å². The molecule has 0 amide bonds. The molecule has 0 spiro atoms. The molecule has 2 N–H and O–H groups in total. The van der Waals surface area contributed by atoms with Gasteiger partial charge in [-0.25, -0.2) is 0 Å². The number of likely N-dealkylation sites (N-methyl/N-ethyl adjacent to an activating group) is 1. The van der Waals surface area contributed by atoms with Gasteiger partial charge in [0.15, 0.2) is 0 Å². The minimum Gasteiger partial charge on any atom is -0.329 e. The van der Waals surface area contributed by atoms with E-state index in [1.54, 1.807) is 0 Å². The van der Waals surface area contributed by atoms with Crippen molar-refractivity contribution in [2.45, 2.75) is 31.2 Å². The Balaban J connectivity index is 1.86. The van der Waals surface area contributed by atoms with Crippen LogP contribution in [0, 0.1) is 0 Å². The van der Waals surface area contributed by atoms with Crippen LogP contribution >= 0.6 is 0 Å². The first-order valence-corrected chi connectivity index (χ1v) is 6.22. The van der Waals surface area contributed by atoms with Crippen molar-refractivity contribution < 1.29 is 0 Å². The van der Waals surface area contributed by atoms with Crippen molar-refractivity contribution in [3.05, 3.63) is 35.9 Å². The van der Waals surface area contributed by atoms with E-state index < -0.39 is 0 Å². The number of nitrogens with zero attached hydrogens (tertiary/aromatic N) is 1. The lowest BCUT2D eigenvalue weighted by Gasteiger charge is -2.48. The molecule has 2 heteroatoms. The molecule has 1 aromatic carbocycles. The molecule has 16 heavy (non-hydrogen) atoms. The third-order valence-electron chi connectivity index (χ3n) is 4.05. The zero-order valence-electron chi connectivity index (χ0n) is 10.2. The molecule has 0 heterocycles. The van der Waals surface area contributed by atoms with Crippen molar-refractivity contribution in [3.8, 4) is 0 Å². The Morgan fingerprint density at radius 1 is 1.25 bits per heavy atom. The molecule has 0 unspecified atom stereocenters. The molecule has 0 aliphatic heterocycles. The Kier molecular flexibility index (Phi) is 3.62. The molecule has 0 radical (unpaired) electrons. The fourth-order valence-corrected chi connectivity index (χ4v) is 2.51. The molecule has 1 aromatic rings. The first kappa shape index (κ1) is 11.6. The number of benzene rings is 1. The van der Waals surface area contributed by atoms with Gasteiger partial charge in [0.25, 0.3) is 0 Å².